The molecule has 1 aliphatic heterocycles. The molecule has 0 bridgehead atoms. The number of likely N-dealkylation sites (tertiary alicyclic amines) is 1. The van der Waals surface area contributed by atoms with E-state index in [9.17, 15) is 4.79 Å². The van der Waals surface area contributed by atoms with E-state index in [1.54, 1.807) is 0 Å². The van der Waals surface area contributed by atoms with Crippen LogP contribution < -0.4 is 5.43 Å². The van der Waals surface area contributed by atoms with Gasteiger partial charge >= 0.3 is 13.9 Å². The lowest BCUT2D eigenvalue weighted by atomic mass is 9.75. The van der Waals surface area contributed by atoms with Gasteiger partial charge in [0.25, 0.3) is 0 Å². The monoisotopic (exact) mass is 480 g/mol. The van der Waals surface area contributed by atoms with Gasteiger partial charge in [-0.25, -0.2) is 14.8 Å². The van der Waals surface area contributed by atoms with E-state index in [-0.39, 0.29) is 6.03 Å². The van der Waals surface area contributed by atoms with Gasteiger partial charge in [-0.3, -0.25) is 9.58 Å². The third-order valence-electron chi connectivity index (χ3n) is 6.73. The molecular formula is C23H37N4O5P. The summed E-state index contributed by atoms with van der Waals surface area (Å²) in [5.74, 6) is 0.621. The number of amides is 2. The van der Waals surface area contributed by atoms with Crippen molar-refractivity contribution in [2.45, 2.75) is 64.8 Å². The fourth-order valence-corrected chi connectivity index (χ4v) is 5.26. The molecule has 0 radical (unpaired) electrons. The molecule has 2 aliphatic rings. The first-order valence-corrected chi connectivity index (χ1v) is 13.5. The van der Waals surface area contributed by atoms with Crippen LogP contribution in [0.1, 0.15) is 63.5 Å². The number of phosphoric acid groups is 1. The average molecular weight is 481 g/mol. The van der Waals surface area contributed by atoms with E-state index in [1.165, 1.54) is 55.3 Å². The van der Waals surface area contributed by atoms with Gasteiger partial charge in [-0.2, -0.15) is 0 Å². The molecule has 0 spiro atoms. The predicted octanol–water partition coefficient (Wildman–Crippen LogP) is 3.62. The molecule has 2 amide bonds. The molecule has 2 aromatic rings. The van der Waals surface area contributed by atoms with Gasteiger partial charge in [0.2, 0.25) is 0 Å². The molecule has 184 valence electrons. The number of nitrogens with one attached hydrogen (secondary N) is 1. The van der Waals surface area contributed by atoms with Crippen molar-refractivity contribution in [2.24, 2.45) is 0 Å². The highest BCUT2D eigenvalue weighted by molar-refractivity contribution is 7.45. The van der Waals surface area contributed by atoms with Gasteiger partial charge in [0.05, 0.1) is 5.52 Å². The highest BCUT2D eigenvalue weighted by atomic mass is 31.2. The highest BCUT2D eigenvalue weighted by Crippen LogP contribution is 2.43. The van der Waals surface area contributed by atoms with Crippen LogP contribution in [0, 0.1) is 0 Å². The summed E-state index contributed by atoms with van der Waals surface area (Å²) in [6.07, 6.45) is 8.36. The second-order valence-corrected chi connectivity index (χ2v) is 9.80. The van der Waals surface area contributed by atoms with Crippen LogP contribution in [0.25, 0.3) is 10.9 Å². The van der Waals surface area contributed by atoms with Crippen molar-refractivity contribution in [1.82, 2.24) is 14.5 Å². The molecule has 2 atom stereocenters. The molecule has 1 saturated heterocycles. The van der Waals surface area contributed by atoms with E-state index in [2.05, 4.69) is 41.6 Å². The number of urea groups is 1. The van der Waals surface area contributed by atoms with Gasteiger partial charge in [0.1, 0.15) is 0 Å². The molecule has 10 heteroatoms. The number of fused-ring (bicyclic) bond motifs is 2. The third kappa shape index (κ3) is 6.16. The summed E-state index contributed by atoms with van der Waals surface area (Å²) >= 11 is 0. The number of nitrogens with zero attached hydrogens (tertiary/aromatic N) is 3. The quantitative estimate of drug-likeness (QED) is 0.469. The lowest BCUT2D eigenvalue weighted by Gasteiger charge is -2.44. The second-order valence-electron chi connectivity index (χ2n) is 8.78. The van der Waals surface area contributed by atoms with E-state index >= 15 is 0 Å². The first-order valence-electron chi connectivity index (χ1n) is 11.9. The number of carbonyl (C=O) groups is 1. The molecule has 33 heavy (non-hydrogen) atoms. The van der Waals surface area contributed by atoms with Crippen molar-refractivity contribution < 1.29 is 24.0 Å². The summed E-state index contributed by atoms with van der Waals surface area (Å²) in [5, 5.41) is 1.38. The second kappa shape index (κ2) is 11.0. The highest BCUT2D eigenvalue weighted by Gasteiger charge is 2.37. The van der Waals surface area contributed by atoms with E-state index in [1.807, 2.05) is 23.4 Å². The van der Waals surface area contributed by atoms with Crippen molar-refractivity contribution in [1.29, 1.82) is 0 Å². The molecule has 1 aliphatic carbocycles. The molecule has 0 saturated carbocycles. The Hall–Kier alpha value is -1.90. The van der Waals surface area contributed by atoms with Crippen LogP contribution in [0.4, 0.5) is 4.79 Å². The largest absolute Gasteiger partial charge is 0.466 e. The van der Waals surface area contributed by atoms with Crippen LogP contribution in [0.15, 0.2) is 24.4 Å². The van der Waals surface area contributed by atoms with Crippen LogP contribution in [0.5, 0.6) is 0 Å². The number of rotatable bonds is 6. The topological polar surface area (TPSA) is 118 Å². The molecule has 4 rings (SSSR count). The average Bonchev–Trinajstić information content (AvgIpc) is 3.10. The van der Waals surface area contributed by atoms with E-state index in [4.69, 9.17) is 19.2 Å². The molecule has 2 heterocycles. The zero-order valence-electron chi connectivity index (χ0n) is 19.8. The Kier molecular flexibility index (Phi) is 8.59. The fraction of sp³-hybridized carbons (Fsp3) is 0.609. The molecule has 1 aromatic carbocycles. The zero-order chi connectivity index (χ0) is 24.2. The summed E-state index contributed by atoms with van der Waals surface area (Å²) in [4.78, 5) is 38.7. The van der Waals surface area contributed by atoms with Gasteiger partial charge in [-0.05, 0) is 69.8 Å². The minimum Gasteiger partial charge on any atom is -0.324 e. The molecule has 4 N–H and O–H groups in total. The maximum absolute atomic E-state index is 12.6. The summed E-state index contributed by atoms with van der Waals surface area (Å²) in [5.41, 5.74) is 7.12. The predicted molar refractivity (Wildman–Crippen MR) is 130 cm³/mol. The van der Waals surface area contributed by atoms with Crippen LogP contribution in [0.2, 0.25) is 0 Å². The maximum Gasteiger partial charge on any atom is 0.466 e. The van der Waals surface area contributed by atoms with Crippen LogP contribution >= 0.6 is 7.82 Å². The minimum atomic E-state index is -4.64. The van der Waals surface area contributed by atoms with Crippen molar-refractivity contribution in [3.63, 3.8) is 0 Å². The molecule has 1 fully saturated rings. The van der Waals surface area contributed by atoms with Crippen LogP contribution in [0.3, 0.4) is 0 Å². The molecule has 9 nitrogen and oxygen atoms in total. The van der Waals surface area contributed by atoms with Crippen LogP contribution in [-0.4, -0.2) is 67.4 Å². The smallest absolute Gasteiger partial charge is 0.324 e. The Labute approximate surface area is 195 Å². The number of piperidine rings is 1. The van der Waals surface area contributed by atoms with E-state index < -0.39 is 7.82 Å². The van der Waals surface area contributed by atoms with Crippen LogP contribution in [-0.2, 0) is 11.0 Å². The van der Waals surface area contributed by atoms with Crippen molar-refractivity contribution >= 4 is 24.8 Å². The van der Waals surface area contributed by atoms with Gasteiger partial charge in [-0.15, -0.1) is 0 Å². The van der Waals surface area contributed by atoms with Gasteiger partial charge in [-0.1, -0.05) is 25.5 Å². The summed E-state index contributed by atoms with van der Waals surface area (Å²) in [7, 11) is -4.64. The minimum absolute atomic E-state index is 0.0277. The fourth-order valence-electron chi connectivity index (χ4n) is 5.26. The Balaban J connectivity index is 0.000000555. The van der Waals surface area contributed by atoms with E-state index in [0.717, 1.165) is 25.0 Å². The summed E-state index contributed by atoms with van der Waals surface area (Å²) < 4.78 is 10.8. The number of hydrogen-bond donors (Lipinski definition) is 4. The summed E-state index contributed by atoms with van der Waals surface area (Å²) in [6, 6.07) is 7.20. The number of unbranched alkanes of at least 4 members (excludes halogenated alkanes) is 1. The molecule has 1 aromatic heterocycles. The van der Waals surface area contributed by atoms with E-state index in [0.29, 0.717) is 12.0 Å². The van der Waals surface area contributed by atoms with Crippen molar-refractivity contribution in [3.05, 3.63) is 35.5 Å². The number of hydrogen-bond acceptors (Lipinski definition) is 3. The van der Waals surface area contributed by atoms with Crippen molar-refractivity contribution in [3.8, 4) is 0 Å². The number of benzene rings is 1. The lowest BCUT2D eigenvalue weighted by molar-refractivity contribution is 0.122. The Bertz CT molecular complexity index is 992. The third-order valence-corrected chi connectivity index (χ3v) is 6.73. The first-order chi connectivity index (χ1) is 15.7. The molecule has 0 unspecified atom stereocenters. The van der Waals surface area contributed by atoms with Gasteiger partial charge < -0.3 is 19.6 Å². The molecular weight excluding hydrogens is 443 g/mol. The van der Waals surface area contributed by atoms with Crippen molar-refractivity contribution in [2.75, 3.05) is 31.6 Å². The lowest BCUT2D eigenvalue weighted by Crippen LogP contribution is -2.47. The normalized spacial score (nSPS) is 20.1. The zero-order valence-corrected chi connectivity index (χ0v) is 20.7. The SMILES string of the molecule is CCCCN1CCC[C@@H]2c3cccc4c3c(cn4NC(=O)N(CC)CC)C[C@H]21.O=P(O)(O)O. The Morgan fingerprint density at radius 3 is 2.55 bits per heavy atom. The Morgan fingerprint density at radius 1 is 1.21 bits per heavy atom. The first kappa shape index (κ1) is 25.7. The Morgan fingerprint density at radius 2 is 1.91 bits per heavy atom. The summed E-state index contributed by atoms with van der Waals surface area (Å²) in [6.45, 7) is 10.2. The van der Waals surface area contributed by atoms with Gasteiger partial charge in [0, 0.05) is 36.6 Å². The number of aromatic nitrogens is 1. The van der Waals surface area contributed by atoms with Gasteiger partial charge in [0.15, 0.2) is 0 Å². The maximum atomic E-state index is 12.6. The number of carbonyl (C=O) groups excluding carboxylic acids is 1. The standard InChI is InChI=1S/C23H34N4O.H3O4P/c1-4-7-13-26-14-9-11-18-19-10-8-12-20-22(19)17(15-21(18)26)16-27(20)24-23(28)25(5-2)6-3;1-5(2,3)4/h8,10,12,16,18,21H,4-7,9,11,13-15H2,1-3H3,(H,24,28);(H3,1,2,3,4)/t18-,21-;/m1./s1.